The predicted molar refractivity (Wildman–Crippen MR) is 85.1 cm³/mol. The summed E-state index contributed by atoms with van der Waals surface area (Å²) in [6.07, 6.45) is 0. The zero-order chi connectivity index (χ0) is 16.8. The maximum Gasteiger partial charge on any atom is 0.338 e. The fourth-order valence-corrected chi connectivity index (χ4v) is 2.15. The Balaban J connectivity index is 2.28. The molecule has 0 heterocycles. The summed E-state index contributed by atoms with van der Waals surface area (Å²) in [5.74, 6) is 0.466. The summed E-state index contributed by atoms with van der Waals surface area (Å²) in [6, 6.07) is 12.0. The molecule has 5 nitrogen and oxygen atoms in total. The lowest BCUT2D eigenvalue weighted by Gasteiger charge is -2.13. The van der Waals surface area contributed by atoms with Crippen LogP contribution >= 0.6 is 0 Å². The number of hydrogen-bond acceptors (Lipinski definition) is 5. The Labute approximate surface area is 134 Å². The first-order chi connectivity index (χ1) is 11.1. The van der Waals surface area contributed by atoms with E-state index in [-0.39, 0.29) is 12.4 Å². The average molecular weight is 314 g/mol. The van der Waals surface area contributed by atoms with E-state index in [1.165, 1.54) is 14.0 Å². The van der Waals surface area contributed by atoms with Crippen molar-refractivity contribution in [3.63, 3.8) is 0 Å². The smallest absolute Gasteiger partial charge is 0.338 e. The van der Waals surface area contributed by atoms with Crippen molar-refractivity contribution in [3.8, 4) is 11.5 Å². The van der Waals surface area contributed by atoms with Crippen molar-refractivity contribution in [3.05, 3.63) is 59.2 Å². The first-order valence-corrected chi connectivity index (χ1v) is 7.04. The summed E-state index contributed by atoms with van der Waals surface area (Å²) >= 11 is 0. The van der Waals surface area contributed by atoms with Crippen LogP contribution in [0.3, 0.4) is 0 Å². The molecule has 2 rings (SSSR count). The van der Waals surface area contributed by atoms with Crippen LogP contribution in [0.25, 0.3) is 0 Å². The van der Waals surface area contributed by atoms with Gasteiger partial charge in [0.1, 0.15) is 18.1 Å². The zero-order valence-electron chi connectivity index (χ0n) is 13.3. The van der Waals surface area contributed by atoms with Crippen molar-refractivity contribution in [2.75, 3.05) is 14.2 Å². The van der Waals surface area contributed by atoms with Crippen molar-refractivity contribution >= 4 is 11.8 Å². The third kappa shape index (κ3) is 3.88. The summed E-state index contributed by atoms with van der Waals surface area (Å²) in [5.41, 5.74) is 1.57. The van der Waals surface area contributed by atoms with Crippen LogP contribution in [0.5, 0.6) is 11.5 Å². The molecular weight excluding hydrogens is 296 g/mol. The largest absolute Gasteiger partial charge is 0.497 e. The topological polar surface area (TPSA) is 61.8 Å². The lowest BCUT2D eigenvalue weighted by Crippen LogP contribution is -2.09. The SMILES string of the molecule is COC(=O)c1ccccc1COc1cc(OC)ccc1C(C)=O. The molecule has 120 valence electrons. The number of carbonyl (C=O) groups is 2. The number of esters is 1. The van der Waals surface area contributed by atoms with Gasteiger partial charge in [0.25, 0.3) is 0 Å². The van der Waals surface area contributed by atoms with Gasteiger partial charge in [0.15, 0.2) is 5.78 Å². The highest BCUT2D eigenvalue weighted by atomic mass is 16.5. The van der Waals surface area contributed by atoms with Crippen molar-refractivity contribution in [2.45, 2.75) is 13.5 Å². The molecule has 0 fully saturated rings. The minimum atomic E-state index is -0.429. The Morgan fingerprint density at radius 1 is 1.00 bits per heavy atom. The summed E-state index contributed by atoms with van der Waals surface area (Å²) in [5, 5.41) is 0. The summed E-state index contributed by atoms with van der Waals surface area (Å²) in [6.45, 7) is 1.61. The lowest BCUT2D eigenvalue weighted by molar-refractivity contribution is 0.0597. The Kier molecular flexibility index (Phi) is 5.36. The highest BCUT2D eigenvalue weighted by Crippen LogP contribution is 2.26. The molecule has 2 aromatic rings. The van der Waals surface area contributed by atoms with Gasteiger partial charge < -0.3 is 14.2 Å². The van der Waals surface area contributed by atoms with E-state index < -0.39 is 5.97 Å². The Hall–Kier alpha value is -2.82. The summed E-state index contributed by atoms with van der Waals surface area (Å²) in [4.78, 5) is 23.5. The van der Waals surface area contributed by atoms with Crippen LogP contribution in [0.2, 0.25) is 0 Å². The first-order valence-electron chi connectivity index (χ1n) is 7.04. The van der Waals surface area contributed by atoms with Crippen LogP contribution in [0, 0.1) is 0 Å². The first kappa shape index (κ1) is 16.5. The molecular formula is C18H18O5. The van der Waals surface area contributed by atoms with Gasteiger partial charge in [-0.15, -0.1) is 0 Å². The van der Waals surface area contributed by atoms with E-state index in [4.69, 9.17) is 14.2 Å². The van der Waals surface area contributed by atoms with Crippen LogP contribution < -0.4 is 9.47 Å². The van der Waals surface area contributed by atoms with Crippen LogP contribution in [-0.4, -0.2) is 26.0 Å². The Bertz CT molecular complexity index is 721. The number of hydrogen-bond donors (Lipinski definition) is 0. The quantitative estimate of drug-likeness (QED) is 0.605. The molecule has 0 unspecified atom stereocenters. The van der Waals surface area contributed by atoms with Gasteiger partial charge in [-0.1, -0.05) is 18.2 Å². The monoisotopic (exact) mass is 314 g/mol. The number of rotatable bonds is 6. The van der Waals surface area contributed by atoms with E-state index in [1.54, 1.807) is 43.5 Å². The van der Waals surface area contributed by atoms with E-state index >= 15 is 0 Å². The van der Waals surface area contributed by atoms with Gasteiger partial charge in [0, 0.05) is 11.6 Å². The predicted octanol–water partition coefficient (Wildman–Crippen LogP) is 3.26. The molecule has 0 aliphatic heterocycles. The normalized spacial score (nSPS) is 10.0. The van der Waals surface area contributed by atoms with E-state index in [0.717, 1.165) is 0 Å². The molecule has 23 heavy (non-hydrogen) atoms. The fraction of sp³-hybridized carbons (Fsp3) is 0.222. The molecule has 2 aromatic carbocycles. The van der Waals surface area contributed by atoms with Crippen LogP contribution in [0.1, 0.15) is 33.2 Å². The maximum absolute atomic E-state index is 11.8. The van der Waals surface area contributed by atoms with Gasteiger partial charge in [0.05, 0.1) is 25.3 Å². The molecule has 0 saturated heterocycles. The van der Waals surface area contributed by atoms with Crippen molar-refractivity contribution in [1.29, 1.82) is 0 Å². The van der Waals surface area contributed by atoms with Gasteiger partial charge in [-0.05, 0) is 25.1 Å². The molecule has 0 atom stereocenters. The number of ketones is 1. The molecule has 0 amide bonds. The molecule has 0 radical (unpaired) electrons. The molecule has 0 spiro atoms. The van der Waals surface area contributed by atoms with E-state index in [2.05, 4.69) is 0 Å². The third-order valence-electron chi connectivity index (χ3n) is 3.37. The standard InChI is InChI=1S/C18H18O5/c1-12(19)15-9-8-14(21-2)10-17(15)23-11-13-6-4-5-7-16(13)18(20)22-3/h4-10H,11H2,1-3H3. The molecule has 5 heteroatoms. The number of ether oxygens (including phenoxy) is 3. The second kappa shape index (κ2) is 7.45. The molecule has 0 N–H and O–H groups in total. The zero-order valence-corrected chi connectivity index (χ0v) is 13.3. The number of methoxy groups -OCH3 is 2. The third-order valence-corrected chi connectivity index (χ3v) is 3.37. The second-order valence-corrected chi connectivity index (χ2v) is 4.86. The van der Waals surface area contributed by atoms with Gasteiger partial charge >= 0.3 is 5.97 Å². The molecule has 0 aromatic heterocycles. The highest BCUT2D eigenvalue weighted by molar-refractivity contribution is 5.97. The Morgan fingerprint density at radius 3 is 2.39 bits per heavy atom. The van der Waals surface area contributed by atoms with E-state index in [0.29, 0.717) is 28.2 Å². The van der Waals surface area contributed by atoms with Crippen LogP contribution in [0.4, 0.5) is 0 Å². The highest BCUT2D eigenvalue weighted by Gasteiger charge is 2.14. The minimum Gasteiger partial charge on any atom is -0.497 e. The van der Waals surface area contributed by atoms with Gasteiger partial charge in [-0.25, -0.2) is 4.79 Å². The number of benzene rings is 2. The summed E-state index contributed by atoms with van der Waals surface area (Å²) < 4.78 is 15.7. The molecule has 0 saturated carbocycles. The van der Waals surface area contributed by atoms with Crippen molar-refractivity contribution in [1.82, 2.24) is 0 Å². The second-order valence-electron chi connectivity index (χ2n) is 4.86. The van der Waals surface area contributed by atoms with E-state index in [1.807, 2.05) is 6.07 Å². The van der Waals surface area contributed by atoms with Gasteiger partial charge in [0.2, 0.25) is 0 Å². The number of Topliss-reactive ketones (excluding diaryl/α,β-unsaturated/α-hetero) is 1. The number of carbonyl (C=O) groups excluding carboxylic acids is 2. The average Bonchev–Trinajstić information content (AvgIpc) is 2.59. The van der Waals surface area contributed by atoms with Gasteiger partial charge in [-0.2, -0.15) is 0 Å². The molecule has 0 bridgehead atoms. The van der Waals surface area contributed by atoms with Crippen LogP contribution in [-0.2, 0) is 11.3 Å². The lowest BCUT2D eigenvalue weighted by atomic mass is 10.1. The molecule has 0 aliphatic carbocycles. The van der Waals surface area contributed by atoms with Gasteiger partial charge in [-0.3, -0.25) is 4.79 Å². The van der Waals surface area contributed by atoms with Crippen molar-refractivity contribution in [2.24, 2.45) is 0 Å². The molecule has 0 aliphatic rings. The maximum atomic E-state index is 11.8. The Morgan fingerprint density at radius 2 is 1.74 bits per heavy atom. The van der Waals surface area contributed by atoms with Crippen LogP contribution in [0.15, 0.2) is 42.5 Å². The fourth-order valence-electron chi connectivity index (χ4n) is 2.15. The van der Waals surface area contributed by atoms with E-state index in [9.17, 15) is 9.59 Å². The van der Waals surface area contributed by atoms with Crippen molar-refractivity contribution < 1.29 is 23.8 Å². The summed E-state index contributed by atoms with van der Waals surface area (Å²) in [7, 11) is 2.87. The minimum absolute atomic E-state index is 0.107.